The van der Waals surface area contributed by atoms with Crippen LogP contribution in [-0.2, 0) is 23.8 Å². The molecule has 26 heavy (non-hydrogen) atoms. The fourth-order valence-corrected chi connectivity index (χ4v) is 8.18. The van der Waals surface area contributed by atoms with Crippen LogP contribution in [0.1, 0.15) is 58.8 Å². The normalized spacial score (nSPS) is 54.7. The number of carbonyl (C=O) groups is 2. The number of fused-ring (bicyclic) bond motifs is 2. The van der Waals surface area contributed by atoms with Crippen LogP contribution in [-0.4, -0.2) is 37.4 Å². The van der Waals surface area contributed by atoms with Crippen LogP contribution in [0.15, 0.2) is 0 Å². The van der Waals surface area contributed by atoms with Crippen molar-refractivity contribution in [2.45, 2.75) is 70.5 Å². The van der Waals surface area contributed by atoms with Gasteiger partial charge < -0.3 is 14.2 Å². The third-order valence-corrected chi connectivity index (χ3v) is 9.19. The van der Waals surface area contributed by atoms with Gasteiger partial charge in [-0.25, -0.2) is 4.79 Å². The molecule has 0 aromatic carbocycles. The van der Waals surface area contributed by atoms with Gasteiger partial charge in [0.05, 0.1) is 20.1 Å². The van der Waals surface area contributed by atoms with Crippen LogP contribution >= 0.6 is 0 Å². The summed E-state index contributed by atoms with van der Waals surface area (Å²) in [7, 11) is 1.43. The van der Waals surface area contributed by atoms with E-state index < -0.39 is 5.60 Å². The van der Waals surface area contributed by atoms with Gasteiger partial charge in [0.1, 0.15) is 6.10 Å². The third kappa shape index (κ3) is 1.76. The van der Waals surface area contributed by atoms with E-state index >= 15 is 0 Å². The van der Waals surface area contributed by atoms with E-state index in [4.69, 9.17) is 14.2 Å². The highest BCUT2D eigenvalue weighted by Crippen LogP contribution is 2.72. The van der Waals surface area contributed by atoms with Crippen molar-refractivity contribution >= 4 is 11.9 Å². The highest BCUT2D eigenvalue weighted by atomic mass is 16.6. The van der Waals surface area contributed by atoms with Crippen molar-refractivity contribution in [2.75, 3.05) is 13.7 Å². The minimum Gasteiger partial charge on any atom is -0.467 e. The molecule has 0 N–H and O–H groups in total. The monoisotopic (exact) mass is 362 g/mol. The molecule has 6 unspecified atom stereocenters. The molecule has 5 fully saturated rings. The second-order valence-corrected chi connectivity index (χ2v) is 9.83. The first kappa shape index (κ1) is 17.0. The summed E-state index contributed by atoms with van der Waals surface area (Å²) in [5, 5.41) is 0. The molecule has 5 rings (SSSR count). The molecule has 3 saturated carbocycles. The summed E-state index contributed by atoms with van der Waals surface area (Å²) in [6.07, 6.45) is 6.55. The molecule has 5 aliphatic rings. The summed E-state index contributed by atoms with van der Waals surface area (Å²) in [6.45, 7) is 5.38. The van der Waals surface area contributed by atoms with Gasteiger partial charge in [-0.3, -0.25) is 4.79 Å². The summed E-state index contributed by atoms with van der Waals surface area (Å²) in [5.74, 6) is 1.16. The second kappa shape index (κ2) is 5.24. The fraction of sp³-hybridized carbons (Fsp3) is 0.905. The molecule has 144 valence electrons. The molecule has 0 amide bonds. The molecule has 0 aromatic heterocycles. The van der Waals surface area contributed by atoms with E-state index in [9.17, 15) is 9.59 Å². The van der Waals surface area contributed by atoms with Gasteiger partial charge >= 0.3 is 11.9 Å². The van der Waals surface area contributed by atoms with Gasteiger partial charge in [0.2, 0.25) is 0 Å². The Balaban J connectivity index is 1.64. The van der Waals surface area contributed by atoms with Crippen LogP contribution < -0.4 is 0 Å². The number of carbonyl (C=O) groups excluding carboxylic acids is 2. The maximum absolute atomic E-state index is 12.7. The van der Waals surface area contributed by atoms with E-state index in [2.05, 4.69) is 13.8 Å². The molecular weight excluding hydrogens is 332 g/mol. The number of ether oxygens (including phenoxy) is 3. The van der Waals surface area contributed by atoms with Crippen molar-refractivity contribution < 1.29 is 23.8 Å². The molecule has 0 radical (unpaired) electrons. The lowest BCUT2D eigenvalue weighted by Gasteiger charge is -2.66. The number of rotatable bonds is 1. The average Bonchev–Trinajstić information content (AvgIpc) is 2.82. The largest absolute Gasteiger partial charge is 0.467 e. The molecule has 2 bridgehead atoms. The maximum atomic E-state index is 12.7. The van der Waals surface area contributed by atoms with Crippen molar-refractivity contribution in [1.29, 1.82) is 0 Å². The summed E-state index contributed by atoms with van der Waals surface area (Å²) < 4.78 is 17.4. The minimum absolute atomic E-state index is 0.0949. The fourth-order valence-electron chi connectivity index (χ4n) is 8.18. The lowest BCUT2D eigenvalue weighted by Crippen LogP contribution is -2.68. The van der Waals surface area contributed by atoms with E-state index in [1.807, 2.05) is 0 Å². The van der Waals surface area contributed by atoms with Gasteiger partial charge in [-0.2, -0.15) is 0 Å². The maximum Gasteiger partial charge on any atom is 0.338 e. The molecule has 3 aliphatic carbocycles. The Morgan fingerprint density at radius 2 is 2.04 bits per heavy atom. The van der Waals surface area contributed by atoms with Crippen molar-refractivity contribution in [1.82, 2.24) is 0 Å². The van der Waals surface area contributed by atoms with Crippen molar-refractivity contribution in [3.8, 4) is 0 Å². The zero-order valence-corrected chi connectivity index (χ0v) is 16.1. The molecule has 8 atom stereocenters. The summed E-state index contributed by atoms with van der Waals surface area (Å²) in [4.78, 5) is 25.2. The van der Waals surface area contributed by atoms with Crippen LogP contribution in [0.5, 0.6) is 0 Å². The van der Waals surface area contributed by atoms with Crippen LogP contribution in [0.25, 0.3) is 0 Å². The zero-order valence-electron chi connectivity index (χ0n) is 16.1. The van der Waals surface area contributed by atoms with E-state index in [-0.39, 0.29) is 34.8 Å². The van der Waals surface area contributed by atoms with Gasteiger partial charge in [-0.05, 0) is 48.9 Å². The lowest BCUT2D eigenvalue weighted by atomic mass is 9.39. The SMILES string of the molecule is COC(=O)C12CCC3[C@@]4(C)CCCC(C)C4CC4OC(=O)CC1[C@]43CO2. The van der Waals surface area contributed by atoms with Crippen LogP contribution in [0.3, 0.4) is 0 Å². The molecule has 2 aliphatic heterocycles. The third-order valence-electron chi connectivity index (χ3n) is 9.19. The molecule has 2 heterocycles. The van der Waals surface area contributed by atoms with Gasteiger partial charge in [0, 0.05) is 11.3 Å². The van der Waals surface area contributed by atoms with Gasteiger partial charge in [-0.15, -0.1) is 0 Å². The van der Waals surface area contributed by atoms with E-state index in [1.165, 1.54) is 26.4 Å². The van der Waals surface area contributed by atoms with Gasteiger partial charge in [0.25, 0.3) is 0 Å². The van der Waals surface area contributed by atoms with Gasteiger partial charge in [-0.1, -0.05) is 26.7 Å². The topological polar surface area (TPSA) is 61.8 Å². The molecule has 1 spiro atoms. The van der Waals surface area contributed by atoms with E-state index in [0.29, 0.717) is 37.2 Å². The van der Waals surface area contributed by atoms with E-state index in [0.717, 1.165) is 12.8 Å². The Bertz CT molecular complexity index is 661. The Morgan fingerprint density at radius 1 is 1.23 bits per heavy atom. The highest BCUT2D eigenvalue weighted by molar-refractivity contribution is 5.83. The van der Waals surface area contributed by atoms with Crippen LogP contribution in [0, 0.1) is 34.5 Å². The predicted molar refractivity (Wildman–Crippen MR) is 93.1 cm³/mol. The predicted octanol–water partition coefficient (Wildman–Crippen LogP) is 3.10. The number of hydrogen-bond donors (Lipinski definition) is 0. The van der Waals surface area contributed by atoms with Crippen molar-refractivity contribution in [3.63, 3.8) is 0 Å². The summed E-state index contributed by atoms with van der Waals surface area (Å²) >= 11 is 0. The summed E-state index contributed by atoms with van der Waals surface area (Å²) in [6, 6.07) is 0. The smallest absolute Gasteiger partial charge is 0.338 e. The molecule has 5 heteroatoms. The Morgan fingerprint density at radius 3 is 2.81 bits per heavy atom. The van der Waals surface area contributed by atoms with Crippen LogP contribution in [0.4, 0.5) is 0 Å². The second-order valence-electron chi connectivity index (χ2n) is 9.83. The highest BCUT2D eigenvalue weighted by Gasteiger charge is 2.77. The molecular formula is C21H30O5. The lowest BCUT2D eigenvalue weighted by molar-refractivity contribution is -0.237. The first-order chi connectivity index (χ1) is 12.4. The Labute approximate surface area is 155 Å². The zero-order chi connectivity index (χ0) is 18.3. The first-order valence-electron chi connectivity index (χ1n) is 10.3. The average molecular weight is 362 g/mol. The van der Waals surface area contributed by atoms with Gasteiger partial charge in [0.15, 0.2) is 5.60 Å². The molecule has 0 aromatic rings. The molecule has 2 saturated heterocycles. The number of esters is 2. The number of hydrogen-bond acceptors (Lipinski definition) is 5. The standard InChI is InChI=1S/C21H30O5/c1-12-5-4-7-19(2)13(12)9-16-20-11-25-21(18(23)24-3,8-6-14(19)20)15(20)10-17(22)26-16/h12-16H,4-11H2,1-3H3/t12?,13?,14?,15?,16?,19-,20+,21?/m0/s1. The minimum atomic E-state index is -0.938. The Kier molecular flexibility index (Phi) is 3.43. The Hall–Kier alpha value is -1.10. The first-order valence-corrected chi connectivity index (χ1v) is 10.3. The van der Waals surface area contributed by atoms with Crippen molar-refractivity contribution in [2.24, 2.45) is 34.5 Å². The van der Waals surface area contributed by atoms with E-state index in [1.54, 1.807) is 0 Å². The quantitative estimate of drug-likeness (QED) is 0.671. The number of methoxy groups -OCH3 is 1. The van der Waals surface area contributed by atoms with Crippen molar-refractivity contribution in [3.05, 3.63) is 0 Å². The molecule has 5 nitrogen and oxygen atoms in total. The van der Waals surface area contributed by atoms with Crippen LogP contribution in [0.2, 0.25) is 0 Å². The summed E-state index contributed by atoms with van der Waals surface area (Å²) in [5.41, 5.74) is -0.888.